The molecule has 8 heteroatoms. The molecule has 0 saturated carbocycles. The van der Waals surface area contributed by atoms with Crippen molar-refractivity contribution in [3.8, 4) is 6.07 Å². The Bertz CT molecular complexity index is 647. The Morgan fingerprint density at radius 3 is 2.60 bits per heavy atom. The summed E-state index contributed by atoms with van der Waals surface area (Å²) in [6.07, 6.45) is -1.16. The quantitative estimate of drug-likeness (QED) is 0.843. The first kappa shape index (κ1) is 14.5. The number of carboxylic acid groups (broad SMARTS) is 1. The SMILES string of the molecule is N#Cc1ccc(S(=O)(=O)N2CCOC(C(=O)O)C2)cc1. The minimum atomic E-state index is -3.77. The molecular formula is C12H12N2O5S. The van der Waals surface area contributed by atoms with Gasteiger partial charge in [-0.05, 0) is 24.3 Å². The third kappa shape index (κ3) is 2.80. The second-order valence-corrected chi connectivity index (χ2v) is 6.13. The van der Waals surface area contributed by atoms with Gasteiger partial charge in [0.2, 0.25) is 10.0 Å². The molecule has 20 heavy (non-hydrogen) atoms. The largest absolute Gasteiger partial charge is 0.479 e. The summed E-state index contributed by atoms with van der Waals surface area (Å²) < 4.78 is 30.8. The number of hydrogen-bond donors (Lipinski definition) is 1. The maximum Gasteiger partial charge on any atom is 0.334 e. The van der Waals surface area contributed by atoms with Crippen molar-refractivity contribution in [2.75, 3.05) is 19.7 Å². The van der Waals surface area contributed by atoms with Gasteiger partial charge in [0.1, 0.15) is 0 Å². The molecule has 1 fully saturated rings. The second kappa shape index (κ2) is 5.58. The van der Waals surface area contributed by atoms with Gasteiger partial charge in [-0.3, -0.25) is 0 Å². The normalized spacial score (nSPS) is 20.2. The highest BCUT2D eigenvalue weighted by Crippen LogP contribution is 2.19. The highest BCUT2D eigenvalue weighted by Gasteiger charge is 2.33. The zero-order valence-corrected chi connectivity index (χ0v) is 11.2. The fourth-order valence-electron chi connectivity index (χ4n) is 1.84. The number of hydrogen-bond acceptors (Lipinski definition) is 5. The lowest BCUT2D eigenvalue weighted by Gasteiger charge is -2.30. The van der Waals surface area contributed by atoms with Crippen molar-refractivity contribution < 1.29 is 23.1 Å². The summed E-state index contributed by atoms with van der Waals surface area (Å²) in [5.74, 6) is -1.19. The van der Waals surface area contributed by atoms with Gasteiger partial charge < -0.3 is 9.84 Å². The maximum absolute atomic E-state index is 12.3. The van der Waals surface area contributed by atoms with E-state index in [1.54, 1.807) is 0 Å². The summed E-state index contributed by atoms with van der Waals surface area (Å²) in [5.41, 5.74) is 0.356. The molecule has 106 valence electrons. The number of carboxylic acids is 1. The van der Waals surface area contributed by atoms with Crippen LogP contribution in [-0.4, -0.2) is 49.6 Å². The van der Waals surface area contributed by atoms with Crippen LogP contribution in [0.3, 0.4) is 0 Å². The first-order valence-electron chi connectivity index (χ1n) is 5.80. The summed E-state index contributed by atoms with van der Waals surface area (Å²) in [6, 6.07) is 7.38. The topological polar surface area (TPSA) is 108 Å². The molecule has 1 atom stereocenters. The van der Waals surface area contributed by atoms with Crippen molar-refractivity contribution >= 4 is 16.0 Å². The van der Waals surface area contributed by atoms with E-state index < -0.39 is 22.1 Å². The molecule has 1 aromatic carbocycles. The van der Waals surface area contributed by atoms with E-state index in [-0.39, 0.29) is 24.6 Å². The minimum Gasteiger partial charge on any atom is -0.479 e. The molecular weight excluding hydrogens is 284 g/mol. The molecule has 2 rings (SSSR count). The Morgan fingerprint density at radius 1 is 1.40 bits per heavy atom. The molecule has 1 N–H and O–H groups in total. The van der Waals surface area contributed by atoms with Crippen LogP contribution in [0.4, 0.5) is 0 Å². The Kier molecular flexibility index (Phi) is 4.04. The Labute approximate surface area is 116 Å². The molecule has 0 aromatic heterocycles. The van der Waals surface area contributed by atoms with Crippen LogP contribution in [0.15, 0.2) is 29.2 Å². The van der Waals surface area contributed by atoms with Gasteiger partial charge in [0, 0.05) is 6.54 Å². The average Bonchev–Trinajstić information content (AvgIpc) is 2.47. The van der Waals surface area contributed by atoms with E-state index in [9.17, 15) is 13.2 Å². The standard InChI is InChI=1S/C12H12N2O5S/c13-7-9-1-3-10(4-2-9)20(17,18)14-5-6-19-11(8-14)12(15)16/h1-4,11H,5-6,8H2,(H,15,16). The molecule has 1 saturated heterocycles. The fraction of sp³-hybridized carbons (Fsp3) is 0.333. The first-order chi connectivity index (χ1) is 9.45. The molecule has 0 amide bonds. The zero-order chi connectivity index (χ0) is 14.8. The molecule has 0 radical (unpaired) electrons. The van der Waals surface area contributed by atoms with Crippen LogP contribution in [-0.2, 0) is 19.6 Å². The number of nitrogens with zero attached hydrogens (tertiary/aromatic N) is 2. The van der Waals surface area contributed by atoms with Crippen molar-refractivity contribution in [1.82, 2.24) is 4.31 Å². The molecule has 1 unspecified atom stereocenters. The van der Waals surface area contributed by atoms with E-state index in [1.165, 1.54) is 24.3 Å². The van der Waals surface area contributed by atoms with Gasteiger partial charge in [-0.25, -0.2) is 13.2 Å². The molecule has 1 aliphatic heterocycles. The Hall–Kier alpha value is -1.95. The molecule has 1 aliphatic rings. The minimum absolute atomic E-state index is 0.0301. The van der Waals surface area contributed by atoms with Crippen molar-refractivity contribution in [1.29, 1.82) is 5.26 Å². The lowest BCUT2D eigenvalue weighted by Crippen LogP contribution is -2.48. The van der Waals surface area contributed by atoms with Crippen molar-refractivity contribution in [2.24, 2.45) is 0 Å². The predicted molar refractivity (Wildman–Crippen MR) is 67.3 cm³/mol. The van der Waals surface area contributed by atoms with Crippen LogP contribution in [0, 0.1) is 11.3 Å². The number of rotatable bonds is 3. The van der Waals surface area contributed by atoms with E-state index in [4.69, 9.17) is 15.1 Å². The van der Waals surface area contributed by atoms with Gasteiger partial charge in [-0.2, -0.15) is 9.57 Å². The predicted octanol–water partition coefficient (Wildman–Crippen LogP) is 0.0324. The van der Waals surface area contributed by atoms with Crippen LogP contribution in [0.25, 0.3) is 0 Å². The third-order valence-electron chi connectivity index (χ3n) is 2.93. The van der Waals surface area contributed by atoms with E-state index in [0.29, 0.717) is 5.56 Å². The van der Waals surface area contributed by atoms with Gasteiger partial charge in [0.15, 0.2) is 6.10 Å². The first-order valence-corrected chi connectivity index (χ1v) is 7.24. The lowest BCUT2D eigenvalue weighted by atomic mass is 10.2. The van der Waals surface area contributed by atoms with E-state index in [0.717, 1.165) is 4.31 Å². The van der Waals surface area contributed by atoms with Crippen molar-refractivity contribution in [3.63, 3.8) is 0 Å². The number of benzene rings is 1. The van der Waals surface area contributed by atoms with Crippen LogP contribution >= 0.6 is 0 Å². The summed E-state index contributed by atoms with van der Waals surface area (Å²) >= 11 is 0. The molecule has 7 nitrogen and oxygen atoms in total. The number of ether oxygens (including phenoxy) is 1. The number of carbonyl (C=O) groups is 1. The van der Waals surface area contributed by atoms with Crippen LogP contribution in [0.1, 0.15) is 5.56 Å². The maximum atomic E-state index is 12.3. The molecule has 0 spiro atoms. The molecule has 1 heterocycles. The third-order valence-corrected chi connectivity index (χ3v) is 4.81. The number of nitriles is 1. The van der Waals surface area contributed by atoms with E-state index >= 15 is 0 Å². The number of sulfonamides is 1. The van der Waals surface area contributed by atoms with Gasteiger partial charge in [-0.1, -0.05) is 0 Å². The highest BCUT2D eigenvalue weighted by atomic mass is 32.2. The van der Waals surface area contributed by atoms with Gasteiger partial charge in [0.25, 0.3) is 0 Å². The molecule has 0 aliphatic carbocycles. The van der Waals surface area contributed by atoms with E-state index in [1.807, 2.05) is 6.07 Å². The number of aliphatic carboxylic acids is 1. The molecule has 0 bridgehead atoms. The number of morpholine rings is 1. The lowest BCUT2D eigenvalue weighted by molar-refractivity contribution is -0.153. The van der Waals surface area contributed by atoms with Gasteiger partial charge >= 0.3 is 5.97 Å². The van der Waals surface area contributed by atoms with Crippen LogP contribution in [0.5, 0.6) is 0 Å². The van der Waals surface area contributed by atoms with Gasteiger partial charge in [-0.15, -0.1) is 0 Å². The second-order valence-electron chi connectivity index (χ2n) is 4.20. The summed E-state index contributed by atoms with van der Waals surface area (Å²) in [7, 11) is -3.77. The summed E-state index contributed by atoms with van der Waals surface area (Å²) in [5, 5.41) is 17.6. The monoisotopic (exact) mass is 296 g/mol. The molecule has 1 aromatic rings. The van der Waals surface area contributed by atoms with E-state index in [2.05, 4.69) is 0 Å². The highest BCUT2D eigenvalue weighted by molar-refractivity contribution is 7.89. The van der Waals surface area contributed by atoms with Crippen molar-refractivity contribution in [3.05, 3.63) is 29.8 Å². The Morgan fingerprint density at radius 2 is 2.05 bits per heavy atom. The summed E-state index contributed by atoms with van der Waals surface area (Å²) in [6.45, 7) is -0.0870. The van der Waals surface area contributed by atoms with Crippen LogP contribution < -0.4 is 0 Å². The average molecular weight is 296 g/mol. The smallest absolute Gasteiger partial charge is 0.334 e. The van der Waals surface area contributed by atoms with Crippen LogP contribution in [0.2, 0.25) is 0 Å². The fourth-order valence-corrected chi connectivity index (χ4v) is 3.27. The van der Waals surface area contributed by atoms with Crippen molar-refractivity contribution in [2.45, 2.75) is 11.0 Å². The zero-order valence-electron chi connectivity index (χ0n) is 10.4. The van der Waals surface area contributed by atoms with Gasteiger partial charge in [0.05, 0.1) is 29.7 Å². The Balaban J connectivity index is 2.25. The summed E-state index contributed by atoms with van der Waals surface area (Å²) in [4.78, 5) is 10.9.